The Morgan fingerprint density at radius 2 is 1.81 bits per heavy atom. The lowest BCUT2D eigenvalue weighted by molar-refractivity contribution is -0.176. The summed E-state index contributed by atoms with van der Waals surface area (Å²) >= 11 is 0. The van der Waals surface area contributed by atoms with E-state index in [-0.39, 0.29) is 6.61 Å². The van der Waals surface area contributed by atoms with Crippen LogP contribution in [0.2, 0.25) is 0 Å². The second-order valence-electron chi connectivity index (χ2n) is 7.10. The highest BCUT2D eigenvalue weighted by molar-refractivity contribution is 5.79. The Balaban J connectivity index is 1.74. The van der Waals surface area contributed by atoms with Crippen molar-refractivity contribution in [2.75, 3.05) is 34.3 Å². The Morgan fingerprint density at radius 1 is 1.19 bits per heavy atom. The second kappa shape index (κ2) is 9.94. The topological polar surface area (TPSA) is 48.9 Å². The maximum atomic E-state index is 12.1. The molecule has 0 saturated heterocycles. The van der Waals surface area contributed by atoms with Gasteiger partial charge >= 0.3 is 6.18 Å². The predicted molar refractivity (Wildman–Crippen MR) is 101 cm³/mol. The van der Waals surface area contributed by atoms with Crippen molar-refractivity contribution in [3.05, 3.63) is 35.4 Å². The van der Waals surface area contributed by atoms with Crippen LogP contribution in [0.25, 0.3) is 0 Å². The third-order valence-corrected chi connectivity index (χ3v) is 4.55. The minimum absolute atomic E-state index is 0.0521. The second-order valence-corrected chi connectivity index (χ2v) is 7.10. The van der Waals surface area contributed by atoms with Crippen molar-refractivity contribution in [1.82, 2.24) is 15.5 Å². The van der Waals surface area contributed by atoms with Crippen molar-refractivity contribution in [3.8, 4) is 0 Å². The van der Waals surface area contributed by atoms with E-state index in [0.717, 1.165) is 24.0 Å². The van der Waals surface area contributed by atoms with Crippen LogP contribution in [0.4, 0.5) is 13.2 Å². The minimum atomic E-state index is -4.29. The molecule has 0 radical (unpaired) electrons. The number of nitrogens with one attached hydrogen (secondary N) is 2. The standard InChI is InChI=1S/C19H29F3N4O/c1-23-18(25-11-17(26(2)3)16-8-9-16)24-10-14-4-6-15(7-5-14)12-27-13-19(20,21)22/h4-7,16-17H,8-13H2,1-3H3,(H2,23,24,25). The molecule has 0 spiro atoms. The van der Waals surface area contributed by atoms with E-state index in [4.69, 9.17) is 0 Å². The number of benzene rings is 1. The molecule has 1 fully saturated rings. The lowest BCUT2D eigenvalue weighted by Crippen LogP contribution is -2.45. The molecule has 0 amide bonds. The summed E-state index contributed by atoms with van der Waals surface area (Å²) in [6.07, 6.45) is -1.72. The van der Waals surface area contributed by atoms with Gasteiger partial charge in [0.1, 0.15) is 6.61 Å². The number of hydrogen-bond acceptors (Lipinski definition) is 3. The van der Waals surface area contributed by atoms with Gasteiger partial charge in [0.25, 0.3) is 0 Å². The third-order valence-electron chi connectivity index (χ3n) is 4.55. The maximum absolute atomic E-state index is 12.1. The van der Waals surface area contributed by atoms with Crippen molar-refractivity contribution in [2.24, 2.45) is 10.9 Å². The Labute approximate surface area is 159 Å². The number of alkyl halides is 3. The first-order valence-electron chi connectivity index (χ1n) is 9.11. The zero-order valence-corrected chi connectivity index (χ0v) is 16.1. The first-order valence-corrected chi connectivity index (χ1v) is 9.11. The van der Waals surface area contributed by atoms with Crippen molar-refractivity contribution in [1.29, 1.82) is 0 Å². The minimum Gasteiger partial charge on any atom is -0.367 e. The molecular weight excluding hydrogens is 357 g/mol. The fourth-order valence-electron chi connectivity index (χ4n) is 2.90. The molecule has 2 N–H and O–H groups in total. The molecule has 27 heavy (non-hydrogen) atoms. The van der Waals surface area contributed by atoms with Crippen LogP contribution in [-0.2, 0) is 17.9 Å². The smallest absolute Gasteiger partial charge is 0.367 e. The number of guanidine groups is 1. The van der Waals surface area contributed by atoms with Gasteiger partial charge < -0.3 is 20.3 Å². The van der Waals surface area contributed by atoms with Crippen LogP contribution in [0.1, 0.15) is 24.0 Å². The van der Waals surface area contributed by atoms with Crippen LogP contribution in [0.15, 0.2) is 29.3 Å². The van der Waals surface area contributed by atoms with Crippen molar-refractivity contribution in [3.63, 3.8) is 0 Å². The molecule has 0 bridgehead atoms. The van der Waals surface area contributed by atoms with Gasteiger partial charge in [-0.25, -0.2) is 0 Å². The zero-order valence-electron chi connectivity index (χ0n) is 16.1. The molecule has 1 aromatic rings. The van der Waals surface area contributed by atoms with E-state index in [0.29, 0.717) is 18.2 Å². The summed E-state index contributed by atoms with van der Waals surface area (Å²) in [6, 6.07) is 7.80. The van der Waals surface area contributed by atoms with Gasteiger partial charge in [-0.1, -0.05) is 24.3 Å². The summed E-state index contributed by atoms with van der Waals surface area (Å²) < 4.78 is 40.9. The molecule has 5 nitrogen and oxygen atoms in total. The molecule has 1 aromatic carbocycles. The molecule has 0 aliphatic heterocycles. The molecule has 0 heterocycles. The predicted octanol–water partition coefficient (Wildman–Crippen LogP) is 2.77. The van der Waals surface area contributed by atoms with Gasteiger partial charge in [-0.15, -0.1) is 0 Å². The van der Waals surface area contributed by atoms with E-state index in [1.54, 1.807) is 19.2 Å². The van der Waals surface area contributed by atoms with E-state index in [2.05, 4.69) is 39.4 Å². The fraction of sp³-hybridized carbons (Fsp3) is 0.632. The molecule has 8 heteroatoms. The molecule has 1 saturated carbocycles. The molecular formula is C19H29F3N4O. The molecule has 1 unspecified atom stereocenters. The summed E-state index contributed by atoms with van der Waals surface area (Å²) in [4.78, 5) is 6.49. The number of hydrogen-bond donors (Lipinski definition) is 2. The average Bonchev–Trinajstić information content (AvgIpc) is 3.42. The van der Waals surface area contributed by atoms with Crippen LogP contribution >= 0.6 is 0 Å². The van der Waals surface area contributed by atoms with E-state index in [9.17, 15) is 13.2 Å². The number of nitrogens with zero attached hydrogens (tertiary/aromatic N) is 2. The largest absolute Gasteiger partial charge is 0.411 e. The highest BCUT2D eigenvalue weighted by atomic mass is 19.4. The monoisotopic (exact) mass is 386 g/mol. The Hall–Kier alpha value is -1.80. The van der Waals surface area contributed by atoms with Crippen LogP contribution in [0.3, 0.4) is 0 Å². The summed E-state index contributed by atoms with van der Waals surface area (Å²) in [5.74, 6) is 1.50. The van der Waals surface area contributed by atoms with E-state index in [1.165, 1.54) is 12.8 Å². The normalized spacial score (nSPS) is 16.5. The average molecular weight is 386 g/mol. The van der Waals surface area contributed by atoms with Crippen LogP contribution in [0.5, 0.6) is 0 Å². The molecule has 1 aliphatic rings. The summed E-state index contributed by atoms with van der Waals surface area (Å²) in [5, 5.41) is 6.63. The fourth-order valence-corrected chi connectivity index (χ4v) is 2.90. The number of aliphatic imine (C=N–C) groups is 1. The van der Waals surface area contributed by atoms with Crippen LogP contribution < -0.4 is 10.6 Å². The first kappa shape index (κ1) is 21.5. The first-order chi connectivity index (χ1) is 12.8. The van der Waals surface area contributed by atoms with E-state index >= 15 is 0 Å². The molecule has 1 atom stereocenters. The van der Waals surface area contributed by atoms with Crippen molar-refractivity contribution >= 4 is 5.96 Å². The quantitative estimate of drug-likeness (QED) is 0.506. The lowest BCUT2D eigenvalue weighted by atomic mass is 10.1. The van der Waals surface area contributed by atoms with Gasteiger partial charge in [0, 0.05) is 26.2 Å². The number of likely N-dealkylation sites (N-methyl/N-ethyl adjacent to an activating group) is 1. The Morgan fingerprint density at radius 3 is 2.33 bits per heavy atom. The van der Waals surface area contributed by atoms with Crippen molar-refractivity contribution < 1.29 is 17.9 Å². The van der Waals surface area contributed by atoms with E-state index < -0.39 is 12.8 Å². The van der Waals surface area contributed by atoms with Gasteiger partial charge in [-0.3, -0.25) is 4.99 Å². The number of ether oxygens (including phenoxy) is 1. The summed E-state index contributed by atoms with van der Waals surface area (Å²) in [7, 11) is 5.93. The Bertz CT molecular complexity index is 596. The Kier molecular flexibility index (Phi) is 7.91. The highest BCUT2D eigenvalue weighted by Crippen LogP contribution is 2.34. The molecule has 0 aromatic heterocycles. The van der Waals surface area contributed by atoms with Gasteiger partial charge in [-0.2, -0.15) is 13.2 Å². The SMILES string of the molecule is CN=C(NCc1ccc(COCC(F)(F)F)cc1)NCC(C1CC1)N(C)C. The van der Waals surface area contributed by atoms with Gasteiger partial charge in [0.05, 0.1) is 6.61 Å². The van der Waals surface area contributed by atoms with Crippen LogP contribution in [-0.4, -0.2) is 57.4 Å². The van der Waals surface area contributed by atoms with Gasteiger partial charge in [-0.05, 0) is 44.0 Å². The zero-order chi connectivity index (χ0) is 19.9. The molecule has 152 valence electrons. The summed E-state index contributed by atoms with van der Waals surface area (Å²) in [5.41, 5.74) is 1.73. The summed E-state index contributed by atoms with van der Waals surface area (Å²) in [6.45, 7) is 0.142. The number of rotatable bonds is 9. The maximum Gasteiger partial charge on any atom is 0.411 e. The van der Waals surface area contributed by atoms with Crippen LogP contribution in [0, 0.1) is 5.92 Å². The lowest BCUT2D eigenvalue weighted by Gasteiger charge is -2.25. The molecule has 1 aliphatic carbocycles. The number of halogens is 3. The third kappa shape index (κ3) is 8.17. The highest BCUT2D eigenvalue weighted by Gasteiger charge is 2.32. The molecule has 2 rings (SSSR count). The van der Waals surface area contributed by atoms with Gasteiger partial charge in [0.2, 0.25) is 0 Å². The van der Waals surface area contributed by atoms with Crippen molar-refractivity contribution in [2.45, 2.75) is 38.2 Å². The van der Waals surface area contributed by atoms with E-state index in [1.807, 2.05) is 12.1 Å². The van der Waals surface area contributed by atoms with Gasteiger partial charge in [0.15, 0.2) is 5.96 Å².